The van der Waals surface area contributed by atoms with Crippen LogP contribution in [0.2, 0.25) is 5.02 Å². The van der Waals surface area contributed by atoms with Gasteiger partial charge in [-0.1, -0.05) is 35.9 Å². The Kier molecular flexibility index (Phi) is 4.06. The van der Waals surface area contributed by atoms with E-state index in [9.17, 15) is 9.18 Å². The molecule has 0 amide bonds. The number of fused-ring (bicyclic) bond motifs is 1. The summed E-state index contributed by atoms with van der Waals surface area (Å²) >= 11 is 5.95. The van der Waals surface area contributed by atoms with Crippen LogP contribution >= 0.6 is 11.6 Å². The summed E-state index contributed by atoms with van der Waals surface area (Å²) in [4.78, 5) is 16.9. The molecule has 0 N–H and O–H groups in total. The topological polar surface area (TPSA) is 65.1 Å². The Morgan fingerprint density at radius 1 is 1.12 bits per heavy atom. The lowest BCUT2D eigenvalue weighted by Crippen LogP contribution is -2.17. The van der Waals surface area contributed by atoms with Crippen molar-refractivity contribution in [3.63, 3.8) is 0 Å². The fourth-order valence-corrected chi connectivity index (χ4v) is 2.71. The van der Waals surface area contributed by atoms with Crippen molar-refractivity contribution in [3.8, 4) is 5.69 Å². The normalized spacial score (nSPS) is 11.5. The average Bonchev–Trinajstić information content (AvgIpc) is 3.08. The highest BCUT2D eigenvalue weighted by Crippen LogP contribution is 2.17. The SMILES string of the molecule is O=c1c2cnn(-c3ccccc3)c2ncn1/N=C/c1c(F)cccc1Cl. The van der Waals surface area contributed by atoms with Crippen molar-refractivity contribution in [3.05, 3.63) is 87.8 Å². The van der Waals surface area contributed by atoms with Crippen molar-refractivity contribution in [2.45, 2.75) is 0 Å². The Bertz CT molecular complexity index is 1160. The Balaban J connectivity index is 1.78. The first-order valence-electron chi connectivity index (χ1n) is 7.64. The summed E-state index contributed by atoms with van der Waals surface area (Å²) in [7, 11) is 0. The molecule has 4 rings (SSSR count). The molecule has 128 valence electrons. The molecular weight excluding hydrogens is 357 g/mol. The number of para-hydroxylation sites is 1. The summed E-state index contributed by atoms with van der Waals surface area (Å²) in [6.45, 7) is 0. The van der Waals surface area contributed by atoms with E-state index in [1.807, 2.05) is 30.3 Å². The minimum Gasteiger partial charge on any atom is -0.266 e. The number of halogens is 2. The van der Waals surface area contributed by atoms with Crippen molar-refractivity contribution < 1.29 is 4.39 Å². The molecule has 0 fully saturated rings. The van der Waals surface area contributed by atoms with Crippen molar-refractivity contribution in [2.75, 3.05) is 0 Å². The standard InChI is InChI=1S/C18H11ClFN5O/c19-15-7-4-8-16(20)13(15)9-22-24-11-21-17-14(18(24)26)10-23-25(17)12-5-2-1-3-6-12/h1-11H/b22-9+. The maximum Gasteiger partial charge on any atom is 0.285 e. The highest BCUT2D eigenvalue weighted by atomic mass is 35.5. The van der Waals surface area contributed by atoms with Gasteiger partial charge in [-0.25, -0.2) is 14.1 Å². The number of benzene rings is 2. The molecule has 8 heteroatoms. The number of rotatable bonds is 3. The third-order valence-electron chi connectivity index (χ3n) is 3.78. The van der Waals surface area contributed by atoms with E-state index in [2.05, 4.69) is 15.2 Å². The molecule has 0 atom stereocenters. The van der Waals surface area contributed by atoms with Crippen LogP contribution in [-0.4, -0.2) is 25.7 Å². The molecule has 6 nitrogen and oxygen atoms in total. The zero-order valence-corrected chi connectivity index (χ0v) is 14.0. The minimum absolute atomic E-state index is 0.0983. The van der Waals surface area contributed by atoms with Crippen LogP contribution in [0, 0.1) is 5.82 Å². The maximum absolute atomic E-state index is 13.8. The van der Waals surface area contributed by atoms with Crippen LogP contribution in [-0.2, 0) is 0 Å². The molecule has 0 saturated heterocycles. The molecular formula is C18H11ClFN5O. The molecule has 0 unspecified atom stereocenters. The van der Waals surface area contributed by atoms with Gasteiger partial charge in [0.05, 0.1) is 23.1 Å². The second-order valence-electron chi connectivity index (χ2n) is 5.40. The summed E-state index contributed by atoms with van der Waals surface area (Å²) in [5.74, 6) is -0.528. The Labute approximate surface area is 151 Å². The van der Waals surface area contributed by atoms with Crippen molar-refractivity contribution >= 4 is 28.8 Å². The van der Waals surface area contributed by atoms with Gasteiger partial charge in [0.25, 0.3) is 5.56 Å². The van der Waals surface area contributed by atoms with Gasteiger partial charge in [0.1, 0.15) is 17.5 Å². The molecule has 2 heterocycles. The third-order valence-corrected chi connectivity index (χ3v) is 4.11. The molecule has 0 aliphatic heterocycles. The molecule has 2 aromatic carbocycles. The molecule has 4 aromatic rings. The number of hydrogen-bond donors (Lipinski definition) is 0. The summed E-state index contributed by atoms with van der Waals surface area (Å²) < 4.78 is 16.4. The molecule has 0 bridgehead atoms. The summed E-state index contributed by atoms with van der Waals surface area (Å²) in [5, 5.41) is 8.71. The van der Waals surface area contributed by atoms with Gasteiger partial charge in [0.2, 0.25) is 0 Å². The zero-order valence-electron chi connectivity index (χ0n) is 13.3. The average molecular weight is 368 g/mol. The summed E-state index contributed by atoms with van der Waals surface area (Å²) in [6, 6.07) is 13.6. The van der Waals surface area contributed by atoms with Gasteiger partial charge in [-0.15, -0.1) is 0 Å². The first kappa shape index (κ1) is 16.2. The first-order valence-corrected chi connectivity index (χ1v) is 8.02. The third kappa shape index (κ3) is 2.78. The Morgan fingerprint density at radius 2 is 1.92 bits per heavy atom. The summed E-state index contributed by atoms with van der Waals surface area (Å²) in [6.07, 6.45) is 3.88. The van der Waals surface area contributed by atoms with Gasteiger partial charge in [-0.05, 0) is 24.3 Å². The lowest BCUT2D eigenvalue weighted by molar-refractivity contribution is 0.625. The highest BCUT2D eigenvalue weighted by molar-refractivity contribution is 6.33. The van der Waals surface area contributed by atoms with Crippen LogP contribution in [0.15, 0.2) is 71.0 Å². The largest absolute Gasteiger partial charge is 0.285 e. The van der Waals surface area contributed by atoms with E-state index in [-0.39, 0.29) is 10.6 Å². The zero-order chi connectivity index (χ0) is 18.1. The van der Waals surface area contributed by atoms with Gasteiger partial charge in [-0.2, -0.15) is 14.9 Å². The van der Waals surface area contributed by atoms with E-state index in [1.54, 1.807) is 10.7 Å². The van der Waals surface area contributed by atoms with E-state index >= 15 is 0 Å². The molecule has 0 aliphatic rings. The number of aromatic nitrogens is 4. The predicted octanol–water partition coefficient (Wildman–Crippen LogP) is 3.26. The molecule has 0 spiro atoms. The molecule has 2 aromatic heterocycles. The van der Waals surface area contributed by atoms with Crippen LogP contribution < -0.4 is 5.56 Å². The van der Waals surface area contributed by atoms with Gasteiger partial charge < -0.3 is 0 Å². The lowest BCUT2D eigenvalue weighted by atomic mass is 10.2. The minimum atomic E-state index is -0.528. The highest BCUT2D eigenvalue weighted by Gasteiger charge is 2.11. The fourth-order valence-electron chi connectivity index (χ4n) is 2.50. The predicted molar refractivity (Wildman–Crippen MR) is 97.5 cm³/mol. The van der Waals surface area contributed by atoms with E-state index < -0.39 is 11.4 Å². The van der Waals surface area contributed by atoms with Gasteiger partial charge in [-0.3, -0.25) is 4.79 Å². The van der Waals surface area contributed by atoms with Gasteiger partial charge in [0, 0.05) is 5.56 Å². The van der Waals surface area contributed by atoms with Crippen molar-refractivity contribution in [1.29, 1.82) is 0 Å². The number of hydrogen-bond acceptors (Lipinski definition) is 4. The second kappa shape index (κ2) is 6.53. The van der Waals surface area contributed by atoms with Crippen LogP contribution in [0.25, 0.3) is 16.7 Å². The van der Waals surface area contributed by atoms with Gasteiger partial charge in [0.15, 0.2) is 5.65 Å². The van der Waals surface area contributed by atoms with Crippen molar-refractivity contribution in [2.24, 2.45) is 5.10 Å². The Hall–Kier alpha value is -3.32. The molecule has 0 radical (unpaired) electrons. The van der Waals surface area contributed by atoms with Crippen LogP contribution in [0.5, 0.6) is 0 Å². The van der Waals surface area contributed by atoms with Crippen LogP contribution in [0.4, 0.5) is 4.39 Å². The van der Waals surface area contributed by atoms with Crippen LogP contribution in [0.1, 0.15) is 5.56 Å². The second-order valence-corrected chi connectivity index (χ2v) is 5.81. The molecule has 0 aliphatic carbocycles. The fraction of sp³-hybridized carbons (Fsp3) is 0. The van der Waals surface area contributed by atoms with E-state index in [0.717, 1.165) is 10.4 Å². The molecule has 26 heavy (non-hydrogen) atoms. The lowest BCUT2D eigenvalue weighted by Gasteiger charge is -2.03. The molecule has 0 saturated carbocycles. The van der Waals surface area contributed by atoms with Crippen LogP contribution in [0.3, 0.4) is 0 Å². The van der Waals surface area contributed by atoms with E-state index in [0.29, 0.717) is 11.0 Å². The monoisotopic (exact) mass is 367 g/mol. The first-order chi connectivity index (χ1) is 12.6. The van der Waals surface area contributed by atoms with E-state index in [1.165, 1.54) is 30.9 Å². The number of nitrogens with zero attached hydrogens (tertiary/aromatic N) is 5. The van der Waals surface area contributed by atoms with E-state index in [4.69, 9.17) is 11.6 Å². The quantitative estimate of drug-likeness (QED) is 0.522. The van der Waals surface area contributed by atoms with Gasteiger partial charge >= 0.3 is 0 Å². The summed E-state index contributed by atoms with van der Waals surface area (Å²) in [5.41, 5.74) is 0.882. The smallest absolute Gasteiger partial charge is 0.266 e. The van der Waals surface area contributed by atoms with Crippen molar-refractivity contribution in [1.82, 2.24) is 19.4 Å². The Morgan fingerprint density at radius 3 is 2.69 bits per heavy atom. The maximum atomic E-state index is 13.8.